The second-order valence-electron chi connectivity index (χ2n) is 6.03. The van der Waals surface area contributed by atoms with E-state index in [-0.39, 0.29) is 0 Å². The molecule has 1 heterocycles. The van der Waals surface area contributed by atoms with Gasteiger partial charge in [-0.3, -0.25) is 4.99 Å². The van der Waals surface area contributed by atoms with Gasteiger partial charge in [-0.2, -0.15) is 5.10 Å². The Morgan fingerprint density at radius 2 is 2.00 bits per heavy atom. The van der Waals surface area contributed by atoms with Crippen LogP contribution in [0.4, 0.5) is 0 Å². The van der Waals surface area contributed by atoms with E-state index in [1.165, 1.54) is 5.56 Å². The number of rotatable bonds is 7. The lowest BCUT2D eigenvalue weighted by atomic mass is 10.1. The molecule has 0 amide bonds. The third kappa shape index (κ3) is 5.10. The Balaban J connectivity index is 1.52. The molecule has 6 nitrogen and oxygen atoms in total. The van der Waals surface area contributed by atoms with Crippen LogP contribution in [0.25, 0.3) is 5.69 Å². The van der Waals surface area contributed by atoms with E-state index in [0.717, 1.165) is 35.9 Å². The van der Waals surface area contributed by atoms with Crippen molar-refractivity contribution >= 4 is 5.96 Å². The Bertz CT molecular complexity index is 874. The summed E-state index contributed by atoms with van der Waals surface area (Å²) in [6.07, 6.45) is 4.57. The SMILES string of the molecule is CN=C(NCCc1ccccc1OC)NCc1cccc(-n2cccn2)c1. The Labute approximate surface area is 159 Å². The van der Waals surface area contributed by atoms with Crippen LogP contribution < -0.4 is 15.4 Å². The summed E-state index contributed by atoms with van der Waals surface area (Å²) < 4.78 is 7.25. The topological polar surface area (TPSA) is 63.5 Å². The van der Waals surface area contributed by atoms with Crippen LogP contribution >= 0.6 is 0 Å². The summed E-state index contributed by atoms with van der Waals surface area (Å²) in [5, 5.41) is 11.0. The zero-order valence-electron chi connectivity index (χ0n) is 15.7. The van der Waals surface area contributed by atoms with Crippen LogP contribution in [0.3, 0.4) is 0 Å². The molecule has 0 aliphatic carbocycles. The van der Waals surface area contributed by atoms with Crippen molar-refractivity contribution in [2.45, 2.75) is 13.0 Å². The third-order valence-electron chi connectivity index (χ3n) is 4.24. The van der Waals surface area contributed by atoms with Gasteiger partial charge >= 0.3 is 0 Å². The highest BCUT2D eigenvalue weighted by atomic mass is 16.5. The van der Waals surface area contributed by atoms with Crippen molar-refractivity contribution in [2.75, 3.05) is 20.7 Å². The lowest BCUT2D eigenvalue weighted by molar-refractivity contribution is 0.409. The number of ether oxygens (including phenoxy) is 1. The number of para-hydroxylation sites is 1. The molecule has 140 valence electrons. The summed E-state index contributed by atoms with van der Waals surface area (Å²) >= 11 is 0. The molecular formula is C21H25N5O. The molecule has 0 unspecified atom stereocenters. The van der Waals surface area contributed by atoms with Crippen molar-refractivity contribution in [3.8, 4) is 11.4 Å². The second kappa shape index (κ2) is 9.43. The summed E-state index contributed by atoms with van der Waals surface area (Å²) in [5.41, 5.74) is 3.38. The first-order chi connectivity index (χ1) is 13.3. The lowest BCUT2D eigenvalue weighted by Gasteiger charge is -2.13. The second-order valence-corrected chi connectivity index (χ2v) is 6.03. The predicted molar refractivity (Wildman–Crippen MR) is 108 cm³/mol. The van der Waals surface area contributed by atoms with Crippen molar-refractivity contribution in [1.82, 2.24) is 20.4 Å². The van der Waals surface area contributed by atoms with E-state index in [1.54, 1.807) is 20.4 Å². The maximum atomic E-state index is 5.40. The minimum absolute atomic E-state index is 0.684. The highest BCUT2D eigenvalue weighted by molar-refractivity contribution is 5.79. The molecule has 2 N–H and O–H groups in total. The van der Waals surface area contributed by atoms with Gasteiger partial charge in [0.2, 0.25) is 0 Å². The molecule has 6 heteroatoms. The number of nitrogens with zero attached hydrogens (tertiary/aromatic N) is 3. The number of guanidine groups is 1. The molecule has 0 atom stereocenters. The summed E-state index contributed by atoms with van der Waals surface area (Å²) in [4.78, 5) is 4.29. The Hall–Kier alpha value is -3.28. The van der Waals surface area contributed by atoms with Crippen LogP contribution in [0, 0.1) is 0 Å². The van der Waals surface area contributed by atoms with E-state index < -0.39 is 0 Å². The van der Waals surface area contributed by atoms with Gasteiger partial charge in [0.1, 0.15) is 5.75 Å². The van der Waals surface area contributed by atoms with Crippen LogP contribution in [0.15, 0.2) is 72.0 Å². The molecule has 0 fully saturated rings. The van der Waals surface area contributed by atoms with Crippen LogP contribution in [-0.2, 0) is 13.0 Å². The van der Waals surface area contributed by atoms with Gasteiger partial charge in [-0.15, -0.1) is 0 Å². The average molecular weight is 363 g/mol. The fraction of sp³-hybridized carbons (Fsp3) is 0.238. The first-order valence-electron chi connectivity index (χ1n) is 8.95. The smallest absolute Gasteiger partial charge is 0.191 e. The Kier molecular flexibility index (Phi) is 6.46. The van der Waals surface area contributed by atoms with Crippen molar-refractivity contribution in [2.24, 2.45) is 4.99 Å². The van der Waals surface area contributed by atoms with Gasteiger partial charge in [0.15, 0.2) is 5.96 Å². The molecule has 27 heavy (non-hydrogen) atoms. The lowest BCUT2D eigenvalue weighted by Crippen LogP contribution is -2.37. The number of aromatic nitrogens is 2. The maximum Gasteiger partial charge on any atom is 0.191 e. The van der Waals surface area contributed by atoms with Crippen molar-refractivity contribution in [1.29, 1.82) is 0 Å². The standard InChI is InChI=1S/C21H25N5O/c1-22-21(23-13-11-18-8-3-4-10-20(18)27-2)24-16-17-7-5-9-19(15-17)26-14-6-12-25-26/h3-10,12,14-15H,11,13,16H2,1-2H3,(H2,22,23,24). The zero-order chi connectivity index (χ0) is 18.9. The molecular weight excluding hydrogens is 338 g/mol. The van der Waals surface area contributed by atoms with Gasteiger partial charge in [0, 0.05) is 32.5 Å². The van der Waals surface area contributed by atoms with E-state index in [0.29, 0.717) is 6.54 Å². The predicted octanol–water partition coefficient (Wildman–Crippen LogP) is 2.79. The van der Waals surface area contributed by atoms with Gasteiger partial charge in [-0.1, -0.05) is 30.3 Å². The molecule has 0 radical (unpaired) electrons. The fourth-order valence-corrected chi connectivity index (χ4v) is 2.86. The fourth-order valence-electron chi connectivity index (χ4n) is 2.86. The zero-order valence-corrected chi connectivity index (χ0v) is 15.7. The molecule has 2 aromatic carbocycles. The molecule has 0 bridgehead atoms. The maximum absolute atomic E-state index is 5.40. The summed E-state index contributed by atoms with van der Waals surface area (Å²) in [7, 11) is 3.47. The normalized spacial score (nSPS) is 11.3. The summed E-state index contributed by atoms with van der Waals surface area (Å²) in [5.74, 6) is 1.69. The molecule has 3 rings (SSSR count). The molecule has 0 aliphatic rings. The quantitative estimate of drug-likeness (QED) is 0.500. The van der Waals surface area contributed by atoms with Crippen LogP contribution in [0.1, 0.15) is 11.1 Å². The van der Waals surface area contributed by atoms with E-state index in [2.05, 4.69) is 38.9 Å². The summed E-state index contributed by atoms with van der Waals surface area (Å²) in [6, 6.07) is 18.3. The number of methoxy groups -OCH3 is 1. The number of nitrogens with one attached hydrogen (secondary N) is 2. The van der Waals surface area contributed by atoms with E-state index in [9.17, 15) is 0 Å². The number of aliphatic imine (C=N–C) groups is 1. The summed E-state index contributed by atoms with van der Waals surface area (Å²) in [6.45, 7) is 1.46. The van der Waals surface area contributed by atoms with Gasteiger partial charge in [-0.25, -0.2) is 4.68 Å². The molecule has 0 saturated heterocycles. The molecule has 0 spiro atoms. The van der Waals surface area contributed by atoms with Gasteiger partial charge in [0.05, 0.1) is 12.8 Å². The first-order valence-corrected chi connectivity index (χ1v) is 8.95. The minimum atomic E-state index is 0.684. The van der Waals surface area contributed by atoms with Crippen molar-refractivity contribution in [3.05, 3.63) is 78.1 Å². The highest BCUT2D eigenvalue weighted by Crippen LogP contribution is 2.17. The number of benzene rings is 2. The van der Waals surface area contributed by atoms with Crippen LogP contribution in [0.2, 0.25) is 0 Å². The average Bonchev–Trinajstić information content (AvgIpc) is 3.26. The monoisotopic (exact) mass is 363 g/mol. The van der Waals surface area contributed by atoms with Crippen LogP contribution in [-0.4, -0.2) is 36.4 Å². The number of hydrogen-bond acceptors (Lipinski definition) is 3. The van der Waals surface area contributed by atoms with Gasteiger partial charge in [-0.05, 0) is 41.8 Å². The van der Waals surface area contributed by atoms with Gasteiger partial charge < -0.3 is 15.4 Å². The van der Waals surface area contributed by atoms with E-state index >= 15 is 0 Å². The molecule has 0 aliphatic heterocycles. The van der Waals surface area contributed by atoms with Crippen molar-refractivity contribution in [3.63, 3.8) is 0 Å². The number of hydrogen-bond donors (Lipinski definition) is 2. The molecule has 3 aromatic rings. The Morgan fingerprint density at radius 3 is 2.78 bits per heavy atom. The first kappa shape index (κ1) is 18.5. The van der Waals surface area contributed by atoms with E-state index in [1.807, 2.05) is 47.3 Å². The van der Waals surface area contributed by atoms with Crippen LogP contribution in [0.5, 0.6) is 5.75 Å². The Morgan fingerprint density at radius 1 is 1.11 bits per heavy atom. The van der Waals surface area contributed by atoms with E-state index in [4.69, 9.17) is 4.74 Å². The minimum Gasteiger partial charge on any atom is -0.496 e. The highest BCUT2D eigenvalue weighted by Gasteiger charge is 2.04. The largest absolute Gasteiger partial charge is 0.496 e. The molecule has 0 saturated carbocycles. The third-order valence-corrected chi connectivity index (χ3v) is 4.24. The van der Waals surface area contributed by atoms with Gasteiger partial charge in [0.25, 0.3) is 0 Å². The molecule has 1 aromatic heterocycles. The van der Waals surface area contributed by atoms with Crippen molar-refractivity contribution < 1.29 is 4.74 Å².